The first-order chi connectivity index (χ1) is 11.4. The third kappa shape index (κ3) is 4.96. The summed E-state index contributed by atoms with van der Waals surface area (Å²) in [4.78, 5) is 16.5. The molecule has 0 heterocycles. The maximum atomic E-state index is 12.4. The van der Waals surface area contributed by atoms with E-state index in [1.165, 1.54) is 0 Å². The van der Waals surface area contributed by atoms with Crippen LogP contribution < -0.4 is 4.90 Å². The van der Waals surface area contributed by atoms with Gasteiger partial charge in [-0.15, -0.1) is 0 Å². The number of carbonyl (C=O) groups is 1. The zero-order valence-corrected chi connectivity index (χ0v) is 14.7. The number of hydrogen-bond acceptors (Lipinski definition) is 3. The Balaban J connectivity index is 2.01. The van der Waals surface area contributed by atoms with E-state index in [2.05, 4.69) is 0 Å². The Kier molecular flexibility index (Phi) is 6.20. The fourth-order valence-corrected chi connectivity index (χ4v) is 2.74. The van der Waals surface area contributed by atoms with Crippen molar-refractivity contribution in [3.05, 3.63) is 59.7 Å². The number of hydrogen-bond donors (Lipinski definition) is 0. The predicted molar refractivity (Wildman–Crippen MR) is 94.9 cm³/mol. The van der Waals surface area contributed by atoms with Gasteiger partial charge in [0.25, 0.3) is 11.7 Å². The van der Waals surface area contributed by atoms with Crippen molar-refractivity contribution in [1.29, 1.82) is 0 Å². The molecular weight excluding hydrogens is 330 g/mol. The molecule has 1 amide bonds. The van der Waals surface area contributed by atoms with Crippen molar-refractivity contribution in [3.63, 3.8) is 0 Å². The number of nitrogens with zero attached hydrogens (tertiary/aromatic N) is 2. The quantitative estimate of drug-likeness (QED) is 0.724. The molecule has 0 N–H and O–H groups in total. The highest BCUT2D eigenvalue weighted by Crippen LogP contribution is 2.25. The van der Waals surface area contributed by atoms with Gasteiger partial charge in [0, 0.05) is 43.8 Å². The van der Waals surface area contributed by atoms with Crippen LogP contribution >= 0.6 is 11.8 Å². The molecular formula is C18H20F2N2OS. The van der Waals surface area contributed by atoms with E-state index in [0.717, 1.165) is 11.3 Å². The Labute approximate surface area is 145 Å². The molecule has 128 valence electrons. The molecule has 6 heteroatoms. The third-order valence-corrected chi connectivity index (χ3v) is 4.27. The van der Waals surface area contributed by atoms with Gasteiger partial charge in [-0.3, -0.25) is 4.79 Å². The maximum absolute atomic E-state index is 12.4. The zero-order chi connectivity index (χ0) is 17.7. The summed E-state index contributed by atoms with van der Waals surface area (Å²) in [6.07, 6.45) is 0. The number of alkyl halides is 2. The van der Waals surface area contributed by atoms with Crippen molar-refractivity contribution < 1.29 is 13.6 Å². The van der Waals surface area contributed by atoms with Crippen LogP contribution in [0.25, 0.3) is 0 Å². The van der Waals surface area contributed by atoms with Gasteiger partial charge in [-0.1, -0.05) is 23.9 Å². The summed E-state index contributed by atoms with van der Waals surface area (Å²) in [5.41, 5.74) is 2.61. The highest BCUT2D eigenvalue weighted by Gasteiger charge is 2.13. The molecule has 2 aromatic rings. The highest BCUT2D eigenvalue weighted by molar-refractivity contribution is 7.99. The van der Waals surface area contributed by atoms with Crippen LogP contribution in [0.2, 0.25) is 0 Å². The van der Waals surface area contributed by atoms with Crippen LogP contribution in [0.1, 0.15) is 15.9 Å². The van der Waals surface area contributed by atoms with Crippen molar-refractivity contribution >= 4 is 23.4 Å². The second-order valence-corrected chi connectivity index (χ2v) is 6.69. The van der Waals surface area contributed by atoms with Gasteiger partial charge in [0.15, 0.2) is 0 Å². The molecule has 0 atom stereocenters. The van der Waals surface area contributed by atoms with Gasteiger partial charge in [0.1, 0.15) is 0 Å². The summed E-state index contributed by atoms with van der Waals surface area (Å²) in [6.45, 7) is 0.486. The van der Waals surface area contributed by atoms with Gasteiger partial charge in [-0.05, 0) is 42.0 Å². The SMILES string of the molecule is CN(Cc1ccc(N(C)C)cc1)C(=O)c1ccc(SC(F)F)cc1. The number of carbonyl (C=O) groups excluding carboxylic acids is 1. The Bertz CT molecular complexity index is 672. The largest absolute Gasteiger partial charge is 0.378 e. The lowest BCUT2D eigenvalue weighted by atomic mass is 10.1. The minimum atomic E-state index is -2.46. The van der Waals surface area contributed by atoms with Gasteiger partial charge in [-0.25, -0.2) is 0 Å². The summed E-state index contributed by atoms with van der Waals surface area (Å²) in [5.74, 6) is -2.60. The Hall–Kier alpha value is -2.08. The lowest BCUT2D eigenvalue weighted by Gasteiger charge is -2.18. The molecule has 3 nitrogen and oxygen atoms in total. The van der Waals surface area contributed by atoms with Gasteiger partial charge in [-0.2, -0.15) is 8.78 Å². The molecule has 0 aliphatic heterocycles. The van der Waals surface area contributed by atoms with Gasteiger partial charge in [0.2, 0.25) is 0 Å². The molecule has 2 aromatic carbocycles. The molecule has 0 fully saturated rings. The molecule has 0 aliphatic carbocycles. The maximum Gasteiger partial charge on any atom is 0.288 e. The molecule has 0 unspecified atom stereocenters. The number of anilines is 1. The topological polar surface area (TPSA) is 23.6 Å². The standard InChI is InChI=1S/C18H20F2N2OS/c1-21(2)15-8-4-13(5-9-15)12-22(3)17(23)14-6-10-16(11-7-14)24-18(19)20/h4-11,18H,12H2,1-3H3. The van der Waals surface area contributed by atoms with E-state index < -0.39 is 5.76 Å². The van der Waals surface area contributed by atoms with Crippen molar-refractivity contribution in [2.45, 2.75) is 17.2 Å². The molecule has 0 aromatic heterocycles. The van der Waals surface area contributed by atoms with E-state index in [4.69, 9.17) is 0 Å². The monoisotopic (exact) mass is 350 g/mol. The predicted octanol–water partition coefficient (Wildman–Crippen LogP) is 4.34. The molecule has 24 heavy (non-hydrogen) atoms. The van der Waals surface area contributed by atoms with Crippen molar-refractivity contribution in [2.75, 3.05) is 26.0 Å². The van der Waals surface area contributed by atoms with E-state index in [9.17, 15) is 13.6 Å². The van der Waals surface area contributed by atoms with Crippen LogP contribution in [0.4, 0.5) is 14.5 Å². The lowest BCUT2D eigenvalue weighted by molar-refractivity contribution is 0.0785. The van der Waals surface area contributed by atoms with Crippen LogP contribution in [-0.2, 0) is 6.54 Å². The second-order valence-electron chi connectivity index (χ2n) is 5.62. The van der Waals surface area contributed by atoms with Gasteiger partial charge >= 0.3 is 0 Å². The van der Waals surface area contributed by atoms with E-state index in [1.54, 1.807) is 36.2 Å². The van der Waals surface area contributed by atoms with Crippen LogP contribution in [0.3, 0.4) is 0 Å². The number of benzene rings is 2. The average Bonchev–Trinajstić information content (AvgIpc) is 2.54. The molecule has 0 saturated heterocycles. The molecule has 0 bridgehead atoms. The summed E-state index contributed by atoms with van der Waals surface area (Å²) in [5, 5.41) is 0. The summed E-state index contributed by atoms with van der Waals surface area (Å²) >= 11 is 0.471. The average molecular weight is 350 g/mol. The molecule has 2 rings (SSSR count). The number of thioether (sulfide) groups is 1. The Morgan fingerprint density at radius 1 is 1.00 bits per heavy atom. The third-order valence-electron chi connectivity index (χ3n) is 3.55. The van der Waals surface area contributed by atoms with Crippen LogP contribution in [-0.4, -0.2) is 37.7 Å². The number of halogens is 2. The Morgan fingerprint density at radius 3 is 2.08 bits per heavy atom. The first-order valence-corrected chi connectivity index (χ1v) is 8.31. The summed E-state index contributed by atoms with van der Waals surface area (Å²) in [7, 11) is 5.67. The van der Waals surface area contributed by atoms with Crippen LogP contribution in [0.15, 0.2) is 53.4 Å². The molecule has 0 aliphatic rings. The number of amides is 1. The Morgan fingerprint density at radius 2 is 1.58 bits per heavy atom. The lowest BCUT2D eigenvalue weighted by Crippen LogP contribution is -2.26. The fourth-order valence-electron chi connectivity index (χ4n) is 2.24. The smallest absolute Gasteiger partial charge is 0.288 e. The fraction of sp³-hybridized carbons (Fsp3) is 0.278. The first kappa shape index (κ1) is 18.3. The highest BCUT2D eigenvalue weighted by atomic mass is 32.2. The minimum Gasteiger partial charge on any atom is -0.378 e. The van der Waals surface area contributed by atoms with Crippen molar-refractivity contribution in [3.8, 4) is 0 Å². The molecule has 0 radical (unpaired) electrons. The molecule has 0 spiro atoms. The van der Waals surface area contributed by atoms with E-state index in [0.29, 0.717) is 28.8 Å². The van der Waals surface area contributed by atoms with Crippen molar-refractivity contribution in [1.82, 2.24) is 4.90 Å². The second kappa shape index (κ2) is 8.15. The minimum absolute atomic E-state index is 0.139. The summed E-state index contributed by atoms with van der Waals surface area (Å²) < 4.78 is 24.6. The van der Waals surface area contributed by atoms with E-state index >= 15 is 0 Å². The summed E-state index contributed by atoms with van der Waals surface area (Å²) in [6, 6.07) is 14.2. The van der Waals surface area contributed by atoms with Crippen molar-refractivity contribution in [2.24, 2.45) is 0 Å². The van der Waals surface area contributed by atoms with Gasteiger partial charge < -0.3 is 9.80 Å². The normalized spacial score (nSPS) is 10.8. The van der Waals surface area contributed by atoms with Crippen LogP contribution in [0.5, 0.6) is 0 Å². The van der Waals surface area contributed by atoms with Crippen LogP contribution in [0, 0.1) is 0 Å². The zero-order valence-electron chi connectivity index (χ0n) is 13.9. The van der Waals surface area contributed by atoms with E-state index in [1.807, 2.05) is 43.3 Å². The number of rotatable bonds is 6. The first-order valence-electron chi connectivity index (χ1n) is 7.43. The van der Waals surface area contributed by atoms with E-state index in [-0.39, 0.29) is 5.91 Å². The van der Waals surface area contributed by atoms with Gasteiger partial charge in [0.05, 0.1) is 0 Å². The molecule has 0 saturated carbocycles.